The van der Waals surface area contributed by atoms with Crippen LogP contribution < -0.4 is 11.1 Å². The molecule has 2 atom stereocenters. The van der Waals surface area contributed by atoms with Crippen LogP contribution in [0.2, 0.25) is 0 Å². The Balaban J connectivity index is 2.36. The van der Waals surface area contributed by atoms with Crippen molar-refractivity contribution in [1.29, 1.82) is 0 Å². The molecule has 4 nitrogen and oxygen atoms in total. The predicted molar refractivity (Wildman–Crippen MR) is 66.1 cm³/mol. The van der Waals surface area contributed by atoms with Gasteiger partial charge in [0.1, 0.15) is 0 Å². The highest BCUT2D eigenvalue weighted by atomic mass is 16.2. The maximum absolute atomic E-state index is 11.8. The van der Waals surface area contributed by atoms with E-state index in [0.717, 1.165) is 32.6 Å². The molecule has 4 heteroatoms. The fourth-order valence-corrected chi connectivity index (χ4v) is 2.19. The molecule has 0 aromatic rings. The monoisotopic (exact) mass is 227 g/mol. The minimum absolute atomic E-state index is 0.0834. The number of carbonyl (C=O) groups is 1. The Kier molecular flexibility index (Phi) is 5.06. The highest BCUT2D eigenvalue weighted by molar-refractivity contribution is 5.74. The van der Waals surface area contributed by atoms with Crippen molar-refractivity contribution >= 4 is 6.03 Å². The molecule has 2 amide bonds. The lowest BCUT2D eigenvalue weighted by Crippen LogP contribution is -2.40. The normalized spacial score (nSPS) is 25.2. The van der Waals surface area contributed by atoms with Crippen LogP contribution in [0.15, 0.2) is 0 Å². The maximum atomic E-state index is 11.8. The summed E-state index contributed by atoms with van der Waals surface area (Å²) in [5, 5.41) is 2.96. The number of urea groups is 1. The molecule has 0 bridgehead atoms. The molecule has 0 radical (unpaired) electrons. The van der Waals surface area contributed by atoms with Gasteiger partial charge in [0.2, 0.25) is 0 Å². The van der Waals surface area contributed by atoms with Crippen molar-refractivity contribution in [1.82, 2.24) is 10.2 Å². The van der Waals surface area contributed by atoms with Crippen LogP contribution >= 0.6 is 0 Å². The average molecular weight is 227 g/mol. The predicted octanol–water partition coefficient (Wildman–Crippen LogP) is 1.27. The summed E-state index contributed by atoms with van der Waals surface area (Å²) in [6, 6.07) is 0.0834. The van der Waals surface area contributed by atoms with Crippen LogP contribution in [0.1, 0.15) is 27.2 Å². The zero-order chi connectivity index (χ0) is 12.1. The minimum Gasteiger partial charge on any atom is -0.338 e. The van der Waals surface area contributed by atoms with Gasteiger partial charge in [-0.25, -0.2) is 4.79 Å². The van der Waals surface area contributed by atoms with E-state index in [1.807, 2.05) is 4.90 Å². The van der Waals surface area contributed by atoms with E-state index in [2.05, 4.69) is 26.1 Å². The van der Waals surface area contributed by atoms with Crippen molar-refractivity contribution < 1.29 is 4.79 Å². The minimum atomic E-state index is 0.0834. The van der Waals surface area contributed by atoms with Crippen molar-refractivity contribution in [3.05, 3.63) is 0 Å². The van der Waals surface area contributed by atoms with Gasteiger partial charge >= 0.3 is 6.03 Å². The van der Waals surface area contributed by atoms with Gasteiger partial charge < -0.3 is 16.0 Å². The maximum Gasteiger partial charge on any atom is 0.317 e. The van der Waals surface area contributed by atoms with E-state index in [1.165, 1.54) is 0 Å². The fourth-order valence-electron chi connectivity index (χ4n) is 2.19. The molecule has 1 rings (SSSR count). The van der Waals surface area contributed by atoms with E-state index >= 15 is 0 Å². The van der Waals surface area contributed by atoms with Gasteiger partial charge in [0, 0.05) is 19.6 Å². The molecule has 0 aromatic carbocycles. The molecule has 0 aromatic heterocycles. The number of nitrogens with one attached hydrogen (secondary N) is 1. The Hall–Kier alpha value is -0.770. The smallest absolute Gasteiger partial charge is 0.317 e. The van der Waals surface area contributed by atoms with Crippen LogP contribution in [0.3, 0.4) is 0 Å². The second-order valence-electron chi connectivity index (χ2n) is 5.30. The van der Waals surface area contributed by atoms with E-state index in [1.54, 1.807) is 0 Å². The fraction of sp³-hybridized carbons (Fsp3) is 0.917. The summed E-state index contributed by atoms with van der Waals surface area (Å²) < 4.78 is 0. The van der Waals surface area contributed by atoms with Crippen LogP contribution in [0, 0.1) is 17.8 Å². The van der Waals surface area contributed by atoms with Gasteiger partial charge in [0.15, 0.2) is 0 Å². The summed E-state index contributed by atoms with van der Waals surface area (Å²) in [7, 11) is 0. The highest BCUT2D eigenvalue weighted by Gasteiger charge is 2.31. The number of carbonyl (C=O) groups excluding carboxylic acids is 1. The first kappa shape index (κ1) is 13.3. The summed E-state index contributed by atoms with van der Waals surface area (Å²) in [5.74, 6) is 1.66. The Morgan fingerprint density at radius 1 is 1.50 bits per heavy atom. The van der Waals surface area contributed by atoms with Crippen LogP contribution in [-0.4, -0.2) is 37.1 Å². The molecule has 1 aliphatic heterocycles. The van der Waals surface area contributed by atoms with Crippen molar-refractivity contribution in [3.63, 3.8) is 0 Å². The molecule has 0 spiro atoms. The van der Waals surface area contributed by atoms with Crippen molar-refractivity contribution in [2.45, 2.75) is 27.2 Å². The lowest BCUT2D eigenvalue weighted by Gasteiger charge is -2.18. The zero-order valence-corrected chi connectivity index (χ0v) is 10.7. The number of likely N-dealkylation sites (tertiary alicyclic amines) is 1. The second kappa shape index (κ2) is 6.09. The third-order valence-electron chi connectivity index (χ3n) is 3.25. The van der Waals surface area contributed by atoms with Crippen molar-refractivity contribution in [3.8, 4) is 0 Å². The quantitative estimate of drug-likeness (QED) is 0.760. The van der Waals surface area contributed by atoms with Gasteiger partial charge in [-0.3, -0.25) is 0 Å². The van der Waals surface area contributed by atoms with E-state index in [-0.39, 0.29) is 6.03 Å². The number of hydrogen-bond acceptors (Lipinski definition) is 2. The first-order chi connectivity index (χ1) is 7.54. The first-order valence-corrected chi connectivity index (χ1v) is 6.27. The number of nitrogens with two attached hydrogens (primary N) is 1. The standard InChI is InChI=1S/C12H25N3O/c1-9(2)6-14-12(16)15-7-10(3)11(8-15)4-5-13/h9-11H,4-8,13H2,1-3H3,(H,14,16)/t10-,11-/m1/s1. The Bertz CT molecular complexity index is 230. The number of rotatable bonds is 4. The van der Waals surface area contributed by atoms with Gasteiger partial charge in [-0.2, -0.15) is 0 Å². The SMILES string of the molecule is CC(C)CNC(=O)N1C[C@@H](CCN)[C@H](C)C1. The molecule has 94 valence electrons. The zero-order valence-electron chi connectivity index (χ0n) is 10.7. The molecule has 1 aliphatic rings. The van der Waals surface area contributed by atoms with Crippen LogP contribution in [0.25, 0.3) is 0 Å². The number of hydrogen-bond donors (Lipinski definition) is 2. The summed E-state index contributed by atoms with van der Waals surface area (Å²) in [5.41, 5.74) is 5.57. The summed E-state index contributed by atoms with van der Waals surface area (Å²) >= 11 is 0. The molecule has 0 aliphatic carbocycles. The topological polar surface area (TPSA) is 58.4 Å². The van der Waals surface area contributed by atoms with Gasteiger partial charge in [-0.1, -0.05) is 20.8 Å². The average Bonchev–Trinajstić information content (AvgIpc) is 2.57. The molecule has 16 heavy (non-hydrogen) atoms. The number of nitrogens with zero attached hydrogens (tertiary/aromatic N) is 1. The molecular weight excluding hydrogens is 202 g/mol. The van der Waals surface area contributed by atoms with Gasteiger partial charge in [0.25, 0.3) is 0 Å². The van der Waals surface area contributed by atoms with E-state index in [9.17, 15) is 4.79 Å². The number of amides is 2. The third kappa shape index (κ3) is 3.67. The molecule has 0 saturated carbocycles. The van der Waals surface area contributed by atoms with Crippen LogP contribution in [-0.2, 0) is 0 Å². The third-order valence-corrected chi connectivity index (χ3v) is 3.25. The Morgan fingerprint density at radius 2 is 2.19 bits per heavy atom. The molecular formula is C12H25N3O. The first-order valence-electron chi connectivity index (χ1n) is 6.27. The lowest BCUT2D eigenvalue weighted by molar-refractivity contribution is 0.205. The molecule has 1 heterocycles. The van der Waals surface area contributed by atoms with E-state index in [0.29, 0.717) is 17.8 Å². The molecule has 1 saturated heterocycles. The van der Waals surface area contributed by atoms with E-state index < -0.39 is 0 Å². The Labute approximate surface area is 98.6 Å². The molecule has 3 N–H and O–H groups in total. The van der Waals surface area contributed by atoms with Gasteiger partial charge in [-0.05, 0) is 30.7 Å². The van der Waals surface area contributed by atoms with Gasteiger partial charge in [0.05, 0.1) is 0 Å². The lowest BCUT2D eigenvalue weighted by atomic mass is 9.95. The van der Waals surface area contributed by atoms with Crippen molar-refractivity contribution in [2.75, 3.05) is 26.2 Å². The summed E-state index contributed by atoms with van der Waals surface area (Å²) in [4.78, 5) is 13.8. The van der Waals surface area contributed by atoms with Crippen LogP contribution in [0.5, 0.6) is 0 Å². The Morgan fingerprint density at radius 3 is 2.75 bits per heavy atom. The summed E-state index contributed by atoms with van der Waals surface area (Å²) in [6.07, 6.45) is 1.02. The van der Waals surface area contributed by atoms with Crippen molar-refractivity contribution in [2.24, 2.45) is 23.5 Å². The molecule has 1 fully saturated rings. The summed E-state index contributed by atoms with van der Waals surface area (Å²) in [6.45, 7) is 9.61. The van der Waals surface area contributed by atoms with Crippen LogP contribution in [0.4, 0.5) is 4.79 Å². The van der Waals surface area contributed by atoms with Gasteiger partial charge in [-0.15, -0.1) is 0 Å². The van der Waals surface area contributed by atoms with E-state index in [4.69, 9.17) is 5.73 Å². The highest BCUT2D eigenvalue weighted by Crippen LogP contribution is 2.25. The second-order valence-corrected chi connectivity index (χ2v) is 5.30. The largest absolute Gasteiger partial charge is 0.338 e. The molecule has 0 unspecified atom stereocenters.